The van der Waals surface area contributed by atoms with Crippen LogP contribution in [-0.4, -0.2) is 27.9 Å². The highest BCUT2D eigenvalue weighted by Gasteiger charge is 2.20. The lowest BCUT2D eigenvalue weighted by Gasteiger charge is -2.17. The molecule has 0 saturated heterocycles. The first-order valence-corrected chi connectivity index (χ1v) is 14.9. The average Bonchev–Trinajstić information content (AvgIpc) is 3.01. The Balaban J connectivity index is 1.49. The molecule has 224 valence electrons. The van der Waals surface area contributed by atoms with Crippen LogP contribution >= 0.6 is 23.4 Å². The van der Waals surface area contributed by atoms with E-state index in [0.29, 0.717) is 39.5 Å². The predicted molar refractivity (Wildman–Crippen MR) is 175 cm³/mol. The van der Waals surface area contributed by atoms with E-state index < -0.39 is 22.0 Å². The Kier molecular flexibility index (Phi) is 10.9. The molecule has 0 radical (unpaired) electrons. The Hall–Kier alpha value is -4.93. The molecule has 0 aliphatic heterocycles. The number of carbonyl (C=O) groups is 3. The van der Waals surface area contributed by atoms with Gasteiger partial charge in [-0.2, -0.15) is 0 Å². The summed E-state index contributed by atoms with van der Waals surface area (Å²) in [5.41, 5.74) is 2.53. The number of hydrogen-bond donors (Lipinski definition) is 3. The van der Waals surface area contributed by atoms with Gasteiger partial charge < -0.3 is 16.0 Å². The van der Waals surface area contributed by atoms with E-state index in [1.165, 1.54) is 36.0 Å². The summed E-state index contributed by atoms with van der Waals surface area (Å²) in [5, 5.41) is 19.4. The normalized spacial score (nSPS) is 11.8. The molecule has 0 aliphatic rings. The smallest absolute Gasteiger partial charge is 0.272 e. The summed E-state index contributed by atoms with van der Waals surface area (Å²) in [7, 11) is 0. The minimum Gasteiger partial charge on any atom is -0.325 e. The molecule has 11 heteroatoms. The lowest BCUT2D eigenvalue weighted by molar-refractivity contribution is -0.384. The number of nitro benzene ring substituents is 1. The van der Waals surface area contributed by atoms with Gasteiger partial charge in [0.2, 0.25) is 5.91 Å². The number of nitrogens with one attached hydrogen (secondary N) is 3. The van der Waals surface area contributed by atoms with Crippen molar-refractivity contribution in [1.29, 1.82) is 0 Å². The molecule has 4 rings (SSSR count). The van der Waals surface area contributed by atoms with Gasteiger partial charge in [0.15, 0.2) is 0 Å². The van der Waals surface area contributed by atoms with Gasteiger partial charge in [-0.15, -0.1) is 11.8 Å². The highest BCUT2D eigenvalue weighted by Crippen LogP contribution is 2.30. The SMILES string of the molecule is CCC(Sc1cccc(NC(=O)/C(=C/c2cccc(Cl)c2)NC(=O)c2ccccc2)c1)C(=O)Nc1ccc([N+](=O)[O-])cc1C. The largest absolute Gasteiger partial charge is 0.325 e. The third-order valence-corrected chi connectivity index (χ3v) is 7.99. The van der Waals surface area contributed by atoms with Crippen molar-refractivity contribution in [3.05, 3.63) is 135 Å². The second-order valence-electron chi connectivity index (χ2n) is 9.68. The van der Waals surface area contributed by atoms with Crippen LogP contribution in [0.4, 0.5) is 17.1 Å². The van der Waals surface area contributed by atoms with Crippen LogP contribution in [0.1, 0.15) is 34.8 Å². The molecule has 0 aromatic heterocycles. The number of thioether (sulfide) groups is 1. The highest BCUT2D eigenvalue weighted by molar-refractivity contribution is 8.00. The Morgan fingerprint density at radius 1 is 0.932 bits per heavy atom. The number of rotatable bonds is 11. The van der Waals surface area contributed by atoms with Gasteiger partial charge in [-0.05, 0) is 79.1 Å². The maximum absolute atomic E-state index is 13.4. The number of non-ortho nitro benzene ring substituents is 1. The van der Waals surface area contributed by atoms with Gasteiger partial charge in [-0.3, -0.25) is 24.5 Å². The van der Waals surface area contributed by atoms with E-state index in [4.69, 9.17) is 11.6 Å². The van der Waals surface area contributed by atoms with E-state index >= 15 is 0 Å². The molecule has 9 nitrogen and oxygen atoms in total. The third-order valence-electron chi connectivity index (χ3n) is 6.40. The quantitative estimate of drug-likeness (QED) is 0.0683. The zero-order valence-corrected chi connectivity index (χ0v) is 25.4. The predicted octanol–water partition coefficient (Wildman–Crippen LogP) is 7.48. The summed E-state index contributed by atoms with van der Waals surface area (Å²) >= 11 is 7.45. The summed E-state index contributed by atoms with van der Waals surface area (Å²) < 4.78 is 0. The highest BCUT2D eigenvalue weighted by atomic mass is 35.5. The fourth-order valence-electron chi connectivity index (χ4n) is 4.15. The van der Waals surface area contributed by atoms with Crippen molar-refractivity contribution in [3.8, 4) is 0 Å². The van der Waals surface area contributed by atoms with Crippen LogP contribution in [0.3, 0.4) is 0 Å². The molecule has 1 unspecified atom stereocenters. The fraction of sp³-hybridized carbons (Fsp3) is 0.121. The van der Waals surface area contributed by atoms with Crippen LogP contribution in [0, 0.1) is 17.0 Å². The first-order chi connectivity index (χ1) is 21.1. The molecule has 3 amide bonds. The molecule has 4 aromatic rings. The van der Waals surface area contributed by atoms with E-state index in [0.717, 1.165) is 4.90 Å². The second kappa shape index (κ2) is 15.0. The van der Waals surface area contributed by atoms with Gasteiger partial charge in [0.25, 0.3) is 17.5 Å². The standard InChI is InChI=1S/C33H29ClN4O5S/c1-3-30(33(41)36-28-16-15-26(38(42)43)17-21(28)2)44-27-14-8-13-25(20-27)35-32(40)29(19-22-9-7-12-24(34)18-22)37-31(39)23-10-5-4-6-11-23/h4-20,30H,3H2,1-2H3,(H,35,40)(H,36,41)(H,37,39)/b29-19-. The van der Waals surface area contributed by atoms with Crippen LogP contribution in [0.5, 0.6) is 0 Å². The zero-order valence-electron chi connectivity index (χ0n) is 23.9. The first kappa shape index (κ1) is 32.0. The van der Waals surface area contributed by atoms with Crippen molar-refractivity contribution in [3.63, 3.8) is 0 Å². The van der Waals surface area contributed by atoms with Crippen LogP contribution in [0.25, 0.3) is 6.08 Å². The number of anilines is 2. The summed E-state index contributed by atoms with van der Waals surface area (Å²) in [5.74, 6) is -1.24. The molecule has 0 saturated carbocycles. The second-order valence-corrected chi connectivity index (χ2v) is 11.4. The maximum atomic E-state index is 13.4. The van der Waals surface area contributed by atoms with Gasteiger partial charge in [-0.25, -0.2) is 0 Å². The summed E-state index contributed by atoms with van der Waals surface area (Å²) in [6.45, 7) is 3.58. The van der Waals surface area contributed by atoms with Crippen molar-refractivity contribution in [1.82, 2.24) is 5.32 Å². The minimum absolute atomic E-state index is 0.0171. The number of benzene rings is 4. The van der Waals surface area contributed by atoms with Crippen molar-refractivity contribution in [2.45, 2.75) is 30.4 Å². The minimum atomic E-state index is -0.546. The number of nitrogens with zero attached hydrogens (tertiary/aromatic N) is 1. The molecule has 44 heavy (non-hydrogen) atoms. The number of carbonyl (C=O) groups excluding carboxylic acids is 3. The monoisotopic (exact) mass is 628 g/mol. The van der Waals surface area contributed by atoms with Crippen LogP contribution in [0.2, 0.25) is 5.02 Å². The molecule has 0 heterocycles. The van der Waals surface area contributed by atoms with Crippen LogP contribution in [-0.2, 0) is 9.59 Å². The summed E-state index contributed by atoms with van der Waals surface area (Å²) in [4.78, 5) is 50.7. The van der Waals surface area contributed by atoms with Gasteiger partial charge in [0, 0.05) is 39.0 Å². The fourth-order valence-corrected chi connectivity index (χ4v) is 5.36. The lowest BCUT2D eigenvalue weighted by Crippen LogP contribution is -2.30. The Morgan fingerprint density at radius 2 is 1.68 bits per heavy atom. The third kappa shape index (κ3) is 8.79. The van der Waals surface area contributed by atoms with E-state index in [-0.39, 0.29) is 17.3 Å². The molecular weight excluding hydrogens is 600 g/mol. The van der Waals surface area contributed by atoms with E-state index in [9.17, 15) is 24.5 Å². The molecule has 0 aliphatic carbocycles. The van der Waals surface area contributed by atoms with E-state index in [1.807, 2.05) is 13.0 Å². The van der Waals surface area contributed by atoms with E-state index in [1.54, 1.807) is 79.7 Å². The van der Waals surface area contributed by atoms with Crippen LogP contribution < -0.4 is 16.0 Å². The van der Waals surface area contributed by atoms with Gasteiger partial charge in [-0.1, -0.05) is 54.9 Å². The Labute approximate surface area is 263 Å². The number of aryl methyl sites for hydroxylation is 1. The van der Waals surface area contributed by atoms with Gasteiger partial charge in [0.1, 0.15) is 5.70 Å². The molecule has 0 bridgehead atoms. The molecule has 0 fully saturated rings. The van der Waals surface area contributed by atoms with Gasteiger partial charge in [0.05, 0.1) is 10.2 Å². The summed E-state index contributed by atoms with van der Waals surface area (Å²) in [6, 6.07) is 26.7. The molecule has 0 spiro atoms. The number of halogens is 1. The number of hydrogen-bond acceptors (Lipinski definition) is 6. The topological polar surface area (TPSA) is 130 Å². The van der Waals surface area contributed by atoms with Crippen LogP contribution in [0.15, 0.2) is 108 Å². The molecular formula is C33H29ClN4O5S. The Morgan fingerprint density at radius 3 is 2.36 bits per heavy atom. The first-order valence-electron chi connectivity index (χ1n) is 13.6. The molecule has 1 atom stereocenters. The van der Waals surface area contributed by atoms with Gasteiger partial charge >= 0.3 is 0 Å². The zero-order chi connectivity index (χ0) is 31.6. The maximum Gasteiger partial charge on any atom is 0.272 e. The van der Waals surface area contributed by atoms with Crippen molar-refractivity contribution >= 4 is 64.2 Å². The number of amides is 3. The molecule has 4 aromatic carbocycles. The van der Waals surface area contributed by atoms with Crippen molar-refractivity contribution < 1.29 is 19.3 Å². The Bertz CT molecular complexity index is 1730. The summed E-state index contributed by atoms with van der Waals surface area (Å²) in [6.07, 6.45) is 2.05. The van der Waals surface area contributed by atoms with E-state index in [2.05, 4.69) is 16.0 Å². The average molecular weight is 629 g/mol. The lowest BCUT2D eigenvalue weighted by atomic mass is 10.1. The molecule has 3 N–H and O–H groups in total. The number of nitro groups is 1. The van der Waals surface area contributed by atoms with Crippen molar-refractivity contribution in [2.75, 3.05) is 10.6 Å². The van der Waals surface area contributed by atoms with Crippen molar-refractivity contribution in [2.24, 2.45) is 0 Å².